The lowest BCUT2D eigenvalue weighted by Gasteiger charge is -2.13. The smallest absolute Gasteiger partial charge is 0.226 e. The summed E-state index contributed by atoms with van der Waals surface area (Å²) in [6, 6.07) is -0.239. The molecule has 1 aliphatic rings. The van der Waals surface area contributed by atoms with Gasteiger partial charge in [-0.15, -0.1) is 0 Å². The SMILES string of the molecule is CC(C)CC(=O)NC(=S)NC1CCSC1=O. The van der Waals surface area contributed by atoms with E-state index < -0.39 is 0 Å². The fraction of sp³-hybridized carbons (Fsp3) is 0.700. The molecule has 0 aromatic carbocycles. The lowest BCUT2D eigenvalue weighted by atomic mass is 10.1. The van der Waals surface area contributed by atoms with Crippen LogP contribution in [-0.4, -0.2) is 27.9 Å². The van der Waals surface area contributed by atoms with Crippen LogP contribution < -0.4 is 10.6 Å². The van der Waals surface area contributed by atoms with E-state index in [4.69, 9.17) is 12.2 Å². The van der Waals surface area contributed by atoms with Crippen LogP contribution in [0.3, 0.4) is 0 Å². The van der Waals surface area contributed by atoms with Crippen LogP contribution in [0.2, 0.25) is 0 Å². The van der Waals surface area contributed by atoms with Crippen molar-refractivity contribution in [1.82, 2.24) is 10.6 Å². The number of carbonyl (C=O) groups excluding carboxylic acids is 2. The number of nitrogens with one attached hydrogen (secondary N) is 2. The zero-order chi connectivity index (χ0) is 12.1. The third kappa shape index (κ3) is 4.49. The van der Waals surface area contributed by atoms with Gasteiger partial charge in [0.1, 0.15) is 0 Å². The average Bonchev–Trinajstić information content (AvgIpc) is 2.49. The standard InChI is InChI=1S/C10H16N2O2S2/c1-6(2)5-8(13)12-10(15)11-7-3-4-16-9(7)14/h6-7H,3-5H2,1-2H3,(H2,11,12,13,15). The maximum Gasteiger partial charge on any atom is 0.226 e. The molecule has 2 N–H and O–H groups in total. The van der Waals surface area contributed by atoms with Crippen molar-refractivity contribution in [2.45, 2.75) is 32.7 Å². The van der Waals surface area contributed by atoms with Crippen molar-refractivity contribution in [2.75, 3.05) is 5.75 Å². The van der Waals surface area contributed by atoms with Crippen molar-refractivity contribution in [3.8, 4) is 0 Å². The zero-order valence-electron chi connectivity index (χ0n) is 9.41. The molecule has 0 saturated carbocycles. The Morgan fingerprint density at radius 2 is 2.31 bits per heavy atom. The largest absolute Gasteiger partial charge is 0.352 e. The molecule has 90 valence electrons. The van der Waals surface area contributed by atoms with E-state index in [1.54, 1.807) is 0 Å². The molecule has 1 fully saturated rings. The van der Waals surface area contributed by atoms with Gasteiger partial charge in [0.05, 0.1) is 6.04 Å². The first-order chi connectivity index (χ1) is 7.49. The van der Waals surface area contributed by atoms with Crippen molar-refractivity contribution in [2.24, 2.45) is 5.92 Å². The van der Waals surface area contributed by atoms with Crippen LogP contribution in [0.5, 0.6) is 0 Å². The van der Waals surface area contributed by atoms with E-state index in [-0.39, 0.29) is 22.2 Å². The van der Waals surface area contributed by atoms with Crippen molar-refractivity contribution in [1.29, 1.82) is 0 Å². The highest BCUT2D eigenvalue weighted by Gasteiger charge is 2.25. The van der Waals surface area contributed by atoms with Gasteiger partial charge in [0.15, 0.2) is 5.11 Å². The molecule has 16 heavy (non-hydrogen) atoms. The van der Waals surface area contributed by atoms with Gasteiger partial charge in [-0.2, -0.15) is 0 Å². The molecule has 1 rings (SSSR count). The van der Waals surface area contributed by atoms with Crippen LogP contribution in [0.15, 0.2) is 0 Å². The van der Waals surface area contributed by atoms with Gasteiger partial charge in [0.2, 0.25) is 11.0 Å². The molecule has 6 heteroatoms. The van der Waals surface area contributed by atoms with E-state index in [1.807, 2.05) is 13.8 Å². The van der Waals surface area contributed by atoms with Crippen LogP contribution in [0.25, 0.3) is 0 Å². The predicted octanol–water partition coefficient (Wildman–Crippen LogP) is 1.06. The number of rotatable bonds is 3. The second kappa shape index (κ2) is 6.20. The summed E-state index contributed by atoms with van der Waals surface area (Å²) in [5, 5.41) is 5.79. The fourth-order valence-corrected chi connectivity index (χ4v) is 2.56. The summed E-state index contributed by atoms with van der Waals surface area (Å²) < 4.78 is 0. The minimum absolute atomic E-state index is 0.0976. The predicted molar refractivity (Wildman–Crippen MR) is 69.2 cm³/mol. The Morgan fingerprint density at radius 3 is 2.81 bits per heavy atom. The number of hydrogen-bond donors (Lipinski definition) is 2. The Balaban J connectivity index is 2.30. The number of thiocarbonyl (C=S) groups is 1. The Morgan fingerprint density at radius 1 is 1.62 bits per heavy atom. The van der Waals surface area contributed by atoms with Gasteiger partial charge < -0.3 is 10.6 Å². The molecule has 1 aliphatic heterocycles. The number of carbonyl (C=O) groups is 2. The maximum absolute atomic E-state index is 11.4. The summed E-state index contributed by atoms with van der Waals surface area (Å²) in [5.74, 6) is 1.01. The van der Waals surface area contributed by atoms with Gasteiger partial charge in [0, 0.05) is 12.2 Å². The fourth-order valence-electron chi connectivity index (χ4n) is 1.37. The van der Waals surface area contributed by atoms with E-state index in [2.05, 4.69) is 10.6 Å². The molecule has 1 saturated heterocycles. The summed E-state index contributed by atoms with van der Waals surface area (Å²) in [7, 11) is 0. The van der Waals surface area contributed by atoms with Crippen LogP contribution >= 0.6 is 24.0 Å². The Kier molecular flexibility index (Phi) is 5.21. The molecular weight excluding hydrogens is 244 g/mol. The first kappa shape index (κ1) is 13.4. The third-order valence-electron chi connectivity index (χ3n) is 2.09. The molecule has 4 nitrogen and oxygen atoms in total. The van der Waals surface area contributed by atoms with E-state index in [0.29, 0.717) is 12.3 Å². The summed E-state index contributed by atoms with van der Waals surface area (Å²) >= 11 is 6.27. The number of hydrogen-bond acceptors (Lipinski definition) is 4. The first-order valence-electron chi connectivity index (χ1n) is 5.26. The Bertz CT molecular complexity index is 305. The lowest BCUT2D eigenvalue weighted by Crippen LogP contribution is -2.45. The van der Waals surface area contributed by atoms with Crippen molar-refractivity contribution in [3.63, 3.8) is 0 Å². The molecule has 0 aliphatic carbocycles. The zero-order valence-corrected chi connectivity index (χ0v) is 11.0. The molecule has 1 unspecified atom stereocenters. The summed E-state index contributed by atoms with van der Waals surface area (Å²) in [6.45, 7) is 3.93. The molecule has 0 radical (unpaired) electrons. The minimum atomic E-state index is -0.239. The van der Waals surface area contributed by atoms with E-state index in [1.165, 1.54) is 11.8 Å². The van der Waals surface area contributed by atoms with Crippen molar-refractivity contribution >= 4 is 40.1 Å². The molecule has 0 aromatic heterocycles. The lowest BCUT2D eigenvalue weighted by molar-refractivity contribution is -0.120. The Labute approximate surface area is 105 Å². The van der Waals surface area contributed by atoms with Gasteiger partial charge in [0.25, 0.3) is 0 Å². The molecule has 1 heterocycles. The molecule has 1 amide bonds. The van der Waals surface area contributed by atoms with E-state index in [9.17, 15) is 9.59 Å². The quantitative estimate of drug-likeness (QED) is 0.743. The van der Waals surface area contributed by atoms with E-state index in [0.717, 1.165) is 12.2 Å². The number of amides is 1. The van der Waals surface area contributed by atoms with Gasteiger partial charge in [-0.3, -0.25) is 9.59 Å². The van der Waals surface area contributed by atoms with Crippen LogP contribution in [0.1, 0.15) is 26.7 Å². The van der Waals surface area contributed by atoms with Crippen LogP contribution in [0, 0.1) is 5.92 Å². The minimum Gasteiger partial charge on any atom is -0.352 e. The van der Waals surface area contributed by atoms with E-state index >= 15 is 0 Å². The number of thioether (sulfide) groups is 1. The van der Waals surface area contributed by atoms with Crippen LogP contribution in [-0.2, 0) is 9.59 Å². The molecule has 0 aromatic rings. The topological polar surface area (TPSA) is 58.2 Å². The highest BCUT2D eigenvalue weighted by atomic mass is 32.2. The molecule has 0 spiro atoms. The molecule has 1 atom stereocenters. The highest BCUT2D eigenvalue weighted by molar-refractivity contribution is 8.14. The van der Waals surface area contributed by atoms with Crippen molar-refractivity contribution < 1.29 is 9.59 Å². The third-order valence-corrected chi connectivity index (χ3v) is 3.32. The maximum atomic E-state index is 11.4. The highest BCUT2D eigenvalue weighted by Crippen LogP contribution is 2.19. The second-order valence-corrected chi connectivity index (χ2v) is 5.64. The van der Waals surface area contributed by atoms with Crippen LogP contribution in [0.4, 0.5) is 0 Å². The average molecular weight is 260 g/mol. The summed E-state index contributed by atoms with van der Waals surface area (Å²) in [5.41, 5.74) is 0. The van der Waals surface area contributed by atoms with Gasteiger partial charge in [-0.1, -0.05) is 25.6 Å². The van der Waals surface area contributed by atoms with Crippen molar-refractivity contribution in [3.05, 3.63) is 0 Å². The Hall–Kier alpha value is -0.620. The van der Waals surface area contributed by atoms with Gasteiger partial charge in [-0.05, 0) is 24.6 Å². The summed E-state index contributed by atoms with van der Waals surface area (Å²) in [6.07, 6.45) is 1.21. The summed E-state index contributed by atoms with van der Waals surface area (Å²) in [4.78, 5) is 22.7. The monoisotopic (exact) mass is 260 g/mol. The molecule has 0 bridgehead atoms. The first-order valence-corrected chi connectivity index (χ1v) is 6.65. The normalized spacial score (nSPS) is 19.9. The molecular formula is C10H16N2O2S2. The van der Waals surface area contributed by atoms with Gasteiger partial charge >= 0.3 is 0 Å². The van der Waals surface area contributed by atoms with Gasteiger partial charge in [-0.25, -0.2) is 0 Å². The second-order valence-electron chi connectivity index (χ2n) is 4.13.